The van der Waals surface area contributed by atoms with Crippen LogP contribution in [0.2, 0.25) is 5.02 Å². The molecule has 1 amide bonds. The summed E-state index contributed by atoms with van der Waals surface area (Å²) in [5, 5.41) is 12.6. The Morgan fingerprint density at radius 3 is 2.41 bits per heavy atom. The van der Waals surface area contributed by atoms with Crippen molar-refractivity contribution in [3.63, 3.8) is 0 Å². The van der Waals surface area contributed by atoms with Crippen molar-refractivity contribution in [1.82, 2.24) is 5.32 Å². The molecule has 4 heteroatoms. The van der Waals surface area contributed by atoms with E-state index in [2.05, 4.69) is 17.4 Å². The molecule has 0 heterocycles. The van der Waals surface area contributed by atoms with Crippen LogP contribution in [-0.4, -0.2) is 24.2 Å². The van der Waals surface area contributed by atoms with Crippen LogP contribution in [0, 0.1) is 0 Å². The number of aliphatic hydroxyl groups is 1. The van der Waals surface area contributed by atoms with Crippen LogP contribution in [-0.2, 0) is 0 Å². The van der Waals surface area contributed by atoms with Crippen LogP contribution in [0.1, 0.15) is 34.7 Å². The lowest BCUT2D eigenvalue weighted by Crippen LogP contribution is -2.26. The minimum Gasteiger partial charge on any atom is -0.396 e. The van der Waals surface area contributed by atoms with Crippen molar-refractivity contribution >= 4 is 17.5 Å². The molecule has 22 heavy (non-hydrogen) atoms. The Labute approximate surface area is 135 Å². The molecular weight excluding hydrogens is 298 g/mol. The second-order valence-electron chi connectivity index (χ2n) is 5.14. The van der Waals surface area contributed by atoms with Gasteiger partial charge in [0.1, 0.15) is 0 Å². The maximum absolute atomic E-state index is 12.1. The Hall–Kier alpha value is -1.84. The lowest BCUT2D eigenvalue weighted by Gasteiger charge is -2.16. The SMILES string of the molecule is O=C(NCCC(CCO)c1ccccc1)c1ccccc1Cl. The van der Waals surface area contributed by atoms with E-state index in [4.69, 9.17) is 11.6 Å². The zero-order chi connectivity index (χ0) is 15.8. The number of rotatable bonds is 7. The molecule has 0 aliphatic heterocycles. The average molecular weight is 318 g/mol. The predicted molar refractivity (Wildman–Crippen MR) is 89.3 cm³/mol. The summed E-state index contributed by atoms with van der Waals surface area (Å²) in [5.41, 5.74) is 1.67. The van der Waals surface area contributed by atoms with Gasteiger partial charge in [-0.25, -0.2) is 0 Å². The Bertz CT molecular complexity index is 601. The zero-order valence-electron chi connectivity index (χ0n) is 12.3. The Morgan fingerprint density at radius 2 is 1.73 bits per heavy atom. The first-order chi connectivity index (χ1) is 10.7. The topological polar surface area (TPSA) is 49.3 Å². The number of halogens is 1. The van der Waals surface area contributed by atoms with Gasteiger partial charge < -0.3 is 10.4 Å². The normalized spacial score (nSPS) is 11.9. The Kier molecular flexibility index (Phi) is 6.44. The average Bonchev–Trinajstić information content (AvgIpc) is 2.55. The standard InChI is InChI=1S/C18H20ClNO2/c19-17-9-5-4-8-16(17)18(22)20-12-10-15(11-13-21)14-6-2-1-3-7-14/h1-9,15,21H,10-13H2,(H,20,22). The molecular formula is C18H20ClNO2. The summed E-state index contributed by atoms with van der Waals surface area (Å²) < 4.78 is 0. The molecule has 0 saturated heterocycles. The molecule has 3 nitrogen and oxygen atoms in total. The molecule has 0 radical (unpaired) electrons. The van der Waals surface area contributed by atoms with Gasteiger partial charge in [-0.15, -0.1) is 0 Å². The largest absolute Gasteiger partial charge is 0.396 e. The highest BCUT2D eigenvalue weighted by molar-refractivity contribution is 6.33. The van der Waals surface area contributed by atoms with Gasteiger partial charge in [0.25, 0.3) is 5.91 Å². The van der Waals surface area contributed by atoms with Gasteiger partial charge in [0, 0.05) is 13.2 Å². The fraction of sp³-hybridized carbons (Fsp3) is 0.278. The summed E-state index contributed by atoms with van der Waals surface area (Å²) >= 11 is 6.01. The lowest BCUT2D eigenvalue weighted by molar-refractivity contribution is 0.0952. The van der Waals surface area contributed by atoms with Crippen LogP contribution in [0.4, 0.5) is 0 Å². The summed E-state index contributed by atoms with van der Waals surface area (Å²) in [6.45, 7) is 0.682. The van der Waals surface area contributed by atoms with Crippen molar-refractivity contribution in [2.75, 3.05) is 13.2 Å². The van der Waals surface area contributed by atoms with Crippen LogP contribution in [0.15, 0.2) is 54.6 Å². The van der Waals surface area contributed by atoms with Crippen molar-refractivity contribution in [3.8, 4) is 0 Å². The number of carbonyl (C=O) groups is 1. The molecule has 0 spiro atoms. The third-order valence-corrected chi connectivity index (χ3v) is 3.97. The number of carbonyl (C=O) groups excluding carboxylic acids is 1. The van der Waals surface area contributed by atoms with Gasteiger partial charge in [0.05, 0.1) is 10.6 Å². The van der Waals surface area contributed by atoms with Gasteiger partial charge in [0.15, 0.2) is 0 Å². The van der Waals surface area contributed by atoms with Crippen LogP contribution in [0.3, 0.4) is 0 Å². The van der Waals surface area contributed by atoms with Crippen LogP contribution < -0.4 is 5.32 Å². The highest BCUT2D eigenvalue weighted by atomic mass is 35.5. The summed E-state index contributed by atoms with van der Waals surface area (Å²) in [4.78, 5) is 12.1. The first kappa shape index (κ1) is 16.5. The van der Waals surface area contributed by atoms with Crippen molar-refractivity contribution in [2.45, 2.75) is 18.8 Å². The van der Waals surface area contributed by atoms with Gasteiger partial charge in [-0.2, -0.15) is 0 Å². The molecule has 0 aromatic heterocycles. The van der Waals surface area contributed by atoms with E-state index in [0.717, 1.165) is 6.42 Å². The molecule has 2 aromatic rings. The van der Waals surface area contributed by atoms with Crippen molar-refractivity contribution < 1.29 is 9.90 Å². The molecule has 2 N–H and O–H groups in total. The number of amides is 1. The fourth-order valence-corrected chi connectivity index (χ4v) is 2.68. The minimum absolute atomic E-state index is 0.137. The third kappa shape index (κ3) is 4.58. The fourth-order valence-electron chi connectivity index (χ4n) is 2.46. The summed E-state index contributed by atoms with van der Waals surface area (Å²) in [6, 6.07) is 17.1. The smallest absolute Gasteiger partial charge is 0.252 e. The van der Waals surface area contributed by atoms with Crippen molar-refractivity contribution in [2.24, 2.45) is 0 Å². The second kappa shape index (κ2) is 8.57. The van der Waals surface area contributed by atoms with E-state index in [-0.39, 0.29) is 18.4 Å². The predicted octanol–water partition coefficient (Wildman–Crippen LogP) is 3.63. The molecule has 2 rings (SSSR count). The minimum atomic E-state index is -0.165. The molecule has 0 bridgehead atoms. The first-order valence-corrected chi connectivity index (χ1v) is 7.78. The number of nitrogens with one attached hydrogen (secondary N) is 1. The molecule has 2 aromatic carbocycles. The van der Waals surface area contributed by atoms with Gasteiger partial charge >= 0.3 is 0 Å². The first-order valence-electron chi connectivity index (χ1n) is 7.41. The number of aliphatic hydroxyl groups excluding tert-OH is 1. The number of hydrogen-bond donors (Lipinski definition) is 2. The van der Waals surface area contributed by atoms with Gasteiger partial charge in [-0.3, -0.25) is 4.79 Å². The highest BCUT2D eigenvalue weighted by Gasteiger charge is 2.13. The van der Waals surface area contributed by atoms with E-state index in [9.17, 15) is 9.90 Å². The van der Waals surface area contributed by atoms with E-state index in [1.54, 1.807) is 24.3 Å². The van der Waals surface area contributed by atoms with E-state index in [1.165, 1.54) is 5.56 Å². The van der Waals surface area contributed by atoms with Crippen molar-refractivity contribution in [3.05, 3.63) is 70.7 Å². The number of hydrogen-bond acceptors (Lipinski definition) is 2. The van der Waals surface area contributed by atoms with E-state index < -0.39 is 0 Å². The Morgan fingerprint density at radius 1 is 1.05 bits per heavy atom. The monoisotopic (exact) mass is 317 g/mol. The van der Waals surface area contributed by atoms with Crippen LogP contribution in [0.25, 0.3) is 0 Å². The molecule has 116 valence electrons. The summed E-state index contributed by atoms with van der Waals surface area (Å²) in [5.74, 6) is 0.0687. The van der Waals surface area contributed by atoms with E-state index in [0.29, 0.717) is 23.6 Å². The lowest BCUT2D eigenvalue weighted by atomic mass is 9.93. The van der Waals surface area contributed by atoms with Crippen LogP contribution >= 0.6 is 11.6 Å². The molecule has 0 saturated carbocycles. The number of benzene rings is 2. The van der Waals surface area contributed by atoms with Crippen LogP contribution in [0.5, 0.6) is 0 Å². The van der Waals surface area contributed by atoms with Gasteiger partial charge in [-0.05, 0) is 36.5 Å². The van der Waals surface area contributed by atoms with Crippen molar-refractivity contribution in [1.29, 1.82) is 0 Å². The molecule has 0 aliphatic carbocycles. The highest BCUT2D eigenvalue weighted by Crippen LogP contribution is 2.22. The zero-order valence-corrected chi connectivity index (χ0v) is 13.1. The van der Waals surface area contributed by atoms with E-state index >= 15 is 0 Å². The molecule has 1 atom stereocenters. The molecule has 0 aliphatic rings. The summed E-state index contributed by atoms with van der Waals surface area (Å²) in [6.07, 6.45) is 1.47. The summed E-state index contributed by atoms with van der Waals surface area (Å²) in [7, 11) is 0. The quantitative estimate of drug-likeness (QED) is 0.819. The third-order valence-electron chi connectivity index (χ3n) is 3.65. The van der Waals surface area contributed by atoms with E-state index in [1.807, 2.05) is 18.2 Å². The second-order valence-corrected chi connectivity index (χ2v) is 5.55. The maximum atomic E-state index is 12.1. The van der Waals surface area contributed by atoms with Gasteiger partial charge in [0.2, 0.25) is 0 Å². The maximum Gasteiger partial charge on any atom is 0.252 e. The molecule has 0 fully saturated rings. The van der Waals surface area contributed by atoms with Gasteiger partial charge in [-0.1, -0.05) is 54.1 Å². The molecule has 1 unspecified atom stereocenters. The Balaban J connectivity index is 1.91.